The van der Waals surface area contributed by atoms with Crippen LogP contribution in [-0.4, -0.2) is 9.55 Å². The van der Waals surface area contributed by atoms with Crippen LogP contribution in [0.15, 0.2) is 34.6 Å². The molecule has 0 bridgehead atoms. The van der Waals surface area contributed by atoms with Crippen molar-refractivity contribution in [2.75, 3.05) is 0 Å². The first kappa shape index (κ1) is 7.06. The van der Waals surface area contributed by atoms with Gasteiger partial charge in [-0.1, -0.05) is 0 Å². The molecule has 0 atom stereocenters. The molecule has 0 saturated heterocycles. The van der Waals surface area contributed by atoms with Crippen molar-refractivity contribution in [2.24, 2.45) is 0 Å². The summed E-state index contributed by atoms with van der Waals surface area (Å²) in [6, 6.07) is 4.08. The molecular weight excluding hydrogens is 224 g/mol. The van der Waals surface area contributed by atoms with E-state index in [0.717, 1.165) is 4.60 Å². The second kappa shape index (κ2) is 2.79. The third-order valence-corrected chi connectivity index (χ3v) is 2.60. The third kappa shape index (κ3) is 1.36. The fraction of sp³-hybridized carbons (Fsp3) is 0. The van der Waals surface area contributed by atoms with Crippen molar-refractivity contribution in [3.05, 3.63) is 34.6 Å². The Morgan fingerprint density at radius 3 is 3.00 bits per heavy atom. The maximum atomic E-state index is 4.06. The van der Waals surface area contributed by atoms with Gasteiger partial charge in [-0.2, -0.15) is 0 Å². The van der Waals surface area contributed by atoms with Gasteiger partial charge in [0.05, 0.1) is 0 Å². The minimum Gasteiger partial charge on any atom is -0.296 e. The van der Waals surface area contributed by atoms with Crippen LogP contribution >= 0.6 is 27.3 Å². The SMILES string of the molecule is Brc1cn(-c2cccs2)cn1. The van der Waals surface area contributed by atoms with Gasteiger partial charge in [-0.05, 0) is 33.4 Å². The van der Waals surface area contributed by atoms with E-state index in [9.17, 15) is 0 Å². The van der Waals surface area contributed by atoms with Crippen LogP contribution in [0.25, 0.3) is 5.00 Å². The van der Waals surface area contributed by atoms with Crippen LogP contribution in [0, 0.1) is 0 Å². The highest BCUT2D eigenvalue weighted by molar-refractivity contribution is 9.10. The Balaban J connectivity index is 2.45. The molecule has 0 radical (unpaired) electrons. The molecule has 0 spiro atoms. The molecule has 0 amide bonds. The summed E-state index contributed by atoms with van der Waals surface area (Å²) in [7, 11) is 0. The van der Waals surface area contributed by atoms with Gasteiger partial charge >= 0.3 is 0 Å². The van der Waals surface area contributed by atoms with Gasteiger partial charge in [0, 0.05) is 6.20 Å². The normalized spacial score (nSPS) is 10.3. The highest BCUT2D eigenvalue weighted by atomic mass is 79.9. The monoisotopic (exact) mass is 228 g/mol. The Kier molecular flexibility index (Phi) is 1.79. The third-order valence-electron chi connectivity index (χ3n) is 1.31. The molecule has 0 aromatic carbocycles. The molecular formula is C7H5BrN2S. The average molecular weight is 229 g/mol. The summed E-state index contributed by atoms with van der Waals surface area (Å²) in [5.41, 5.74) is 0. The maximum absolute atomic E-state index is 4.06. The van der Waals surface area contributed by atoms with Crippen LogP contribution in [0.2, 0.25) is 0 Å². The summed E-state index contributed by atoms with van der Waals surface area (Å²) in [5, 5.41) is 3.23. The van der Waals surface area contributed by atoms with E-state index in [-0.39, 0.29) is 0 Å². The van der Waals surface area contributed by atoms with Gasteiger partial charge in [0.25, 0.3) is 0 Å². The summed E-state index contributed by atoms with van der Waals surface area (Å²) in [6.45, 7) is 0. The minimum atomic E-state index is 0.867. The van der Waals surface area contributed by atoms with Gasteiger partial charge in [0.1, 0.15) is 15.9 Å². The zero-order chi connectivity index (χ0) is 7.68. The van der Waals surface area contributed by atoms with Gasteiger partial charge in [-0.3, -0.25) is 4.57 Å². The number of hydrogen-bond acceptors (Lipinski definition) is 2. The molecule has 2 rings (SSSR count). The summed E-state index contributed by atoms with van der Waals surface area (Å²) in [5.74, 6) is 0. The molecule has 2 aromatic rings. The first-order valence-electron chi connectivity index (χ1n) is 3.09. The number of aromatic nitrogens is 2. The van der Waals surface area contributed by atoms with Crippen molar-refractivity contribution in [1.82, 2.24) is 9.55 Å². The van der Waals surface area contributed by atoms with Gasteiger partial charge in [0.2, 0.25) is 0 Å². The second-order valence-electron chi connectivity index (χ2n) is 2.05. The molecule has 0 N–H and O–H groups in total. The average Bonchev–Trinajstić information content (AvgIpc) is 2.55. The summed E-state index contributed by atoms with van der Waals surface area (Å²) in [4.78, 5) is 4.06. The first-order valence-corrected chi connectivity index (χ1v) is 4.77. The molecule has 0 fully saturated rings. The van der Waals surface area contributed by atoms with Crippen molar-refractivity contribution in [3.8, 4) is 5.00 Å². The molecule has 2 heterocycles. The van der Waals surface area contributed by atoms with E-state index in [0.29, 0.717) is 0 Å². The number of hydrogen-bond donors (Lipinski definition) is 0. The summed E-state index contributed by atoms with van der Waals surface area (Å²) >= 11 is 4.98. The Bertz CT molecular complexity index is 339. The largest absolute Gasteiger partial charge is 0.296 e. The molecule has 0 aliphatic rings. The molecule has 4 heteroatoms. The van der Waals surface area contributed by atoms with Crippen LogP contribution < -0.4 is 0 Å². The number of nitrogens with zero attached hydrogens (tertiary/aromatic N) is 2. The van der Waals surface area contributed by atoms with Gasteiger partial charge in [-0.25, -0.2) is 4.98 Å². The highest BCUT2D eigenvalue weighted by Crippen LogP contribution is 2.16. The molecule has 0 aliphatic carbocycles. The Hall–Kier alpha value is -0.610. The van der Waals surface area contributed by atoms with Gasteiger partial charge < -0.3 is 0 Å². The maximum Gasteiger partial charge on any atom is 0.124 e. The van der Waals surface area contributed by atoms with E-state index < -0.39 is 0 Å². The van der Waals surface area contributed by atoms with Gasteiger partial charge in [0.15, 0.2) is 0 Å². The first-order chi connectivity index (χ1) is 5.36. The highest BCUT2D eigenvalue weighted by Gasteiger charge is 1.96. The van der Waals surface area contributed by atoms with Crippen LogP contribution in [0.5, 0.6) is 0 Å². The molecule has 2 nitrogen and oxygen atoms in total. The van der Waals surface area contributed by atoms with Crippen molar-refractivity contribution < 1.29 is 0 Å². The Morgan fingerprint density at radius 2 is 2.45 bits per heavy atom. The van der Waals surface area contributed by atoms with E-state index >= 15 is 0 Å². The zero-order valence-electron chi connectivity index (χ0n) is 5.57. The second-order valence-corrected chi connectivity index (χ2v) is 3.79. The lowest BCUT2D eigenvalue weighted by Crippen LogP contribution is -1.82. The van der Waals surface area contributed by atoms with E-state index in [1.807, 2.05) is 22.2 Å². The molecule has 11 heavy (non-hydrogen) atoms. The predicted octanol–water partition coefficient (Wildman–Crippen LogP) is 2.70. The van der Waals surface area contributed by atoms with Crippen molar-refractivity contribution in [1.29, 1.82) is 0 Å². The fourth-order valence-electron chi connectivity index (χ4n) is 0.836. The van der Waals surface area contributed by atoms with E-state index in [1.165, 1.54) is 5.00 Å². The minimum absolute atomic E-state index is 0.867. The van der Waals surface area contributed by atoms with E-state index in [2.05, 4.69) is 27.0 Å². The van der Waals surface area contributed by atoms with Crippen LogP contribution in [0.3, 0.4) is 0 Å². The van der Waals surface area contributed by atoms with E-state index in [1.54, 1.807) is 17.7 Å². The number of halogens is 1. The van der Waals surface area contributed by atoms with Crippen LogP contribution in [0.1, 0.15) is 0 Å². The molecule has 0 aliphatic heterocycles. The van der Waals surface area contributed by atoms with E-state index in [4.69, 9.17) is 0 Å². The van der Waals surface area contributed by atoms with Crippen molar-refractivity contribution in [2.45, 2.75) is 0 Å². The lowest BCUT2D eigenvalue weighted by Gasteiger charge is -1.92. The topological polar surface area (TPSA) is 17.8 Å². The lowest BCUT2D eigenvalue weighted by molar-refractivity contribution is 1.09. The molecule has 0 unspecified atom stereocenters. The standard InChI is InChI=1S/C7H5BrN2S/c8-6-4-10(5-9-6)7-2-1-3-11-7/h1-5H. The quantitative estimate of drug-likeness (QED) is 0.735. The summed E-state index contributed by atoms with van der Waals surface area (Å²) in [6.07, 6.45) is 3.72. The Labute approximate surface area is 76.6 Å². The number of imidazole rings is 1. The summed E-state index contributed by atoms with van der Waals surface area (Å²) < 4.78 is 2.85. The molecule has 2 aromatic heterocycles. The van der Waals surface area contributed by atoms with Gasteiger partial charge in [-0.15, -0.1) is 11.3 Å². The zero-order valence-corrected chi connectivity index (χ0v) is 7.97. The van der Waals surface area contributed by atoms with Crippen LogP contribution in [0.4, 0.5) is 0 Å². The fourth-order valence-corrected chi connectivity index (χ4v) is 1.82. The number of rotatable bonds is 1. The number of thiophene rings is 1. The molecule has 0 saturated carbocycles. The van der Waals surface area contributed by atoms with Crippen molar-refractivity contribution >= 4 is 27.3 Å². The van der Waals surface area contributed by atoms with Crippen LogP contribution in [-0.2, 0) is 0 Å². The lowest BCUT2D eigenvalue weighted by atomic mass is 10.6. The predicted molar refractivity (Wildman–Crippen MR) is 49.1 cm³/mol. The Morgan fingerprint density at radius 1 is 1.55 bits per heavy atom. The van der Waals surface area contributed by atoms with Crippen molar-refractivity contribution in [3.63, 3.8) is 0 Å². The smallest absolute Gasteiger partial charge is 0.124 e. The molecule has 56 valence electrons.